The molecule has 0 aromatic heterocycles. The lowest BCUT2D eigenvalue weighted by Gasteiger charge is -2.25. The van der Waals surface area contributed by atoms with E-state index in [1.807, 2.05) is 6.07 Å². The van der Waals surface area contributed by atoms with Crippen LogP contribution in [0.3, 0.4) is 0 Å². The molecule has 1 aromatic rings. The Morgan fingerprint density at radius 2 is 2.29 bits per heavy atom. The van der Waals surface area contributed by atoms with Gasteiger partial charge in [-0.3, -0.25) is 4.72 Å². The predicted octanol–water partition coefficient (Wildman–Crippen LogP) is 0.744. The van der Waals surface area contributed by atoms with Crippen molar-refractivity contribution in [2.75, 3.05) is 17.6 Å². The molecule has 1 aliphatic heterocycles. The van der Waals surface area contributed by atoms with E-state index in [1.165, 1.54) is 0 Å². The molecule has 1 heterocycles. The summed E-state index contributed by atoms with van der Waals surface area (Å²) < 4.78 is 30.1. The van der Waals surface area contributed by atoms with Gasteiger partial charge in [0, 0.05) is 6.07 Å². The molecule has 1 atom stereocenters. The molecule has 1 aromatic carbocycles. The van der Waals surface area contributed by atoms with Gasteiger partial charge in [-0.05, 0) is 24.5 Å². The monoisotopic (exact) mass is 257 g/mol. The fourth-order valence-corrected chi connectivity index (χ4v) is 2.39. The number of aryl methyl sites for hydroxylation is 1. The number of hydrogen-bond donors (Lipinski definition) is 2. The van der Waals surface area contributed by atoms with Crippen molar-refractivity contribution in [2.24, 2.45) is 0 Å². The van der Waals surface area contributed by atoms with Gasteiger partial charge in [0.2, 0.25) is 10.0 Å². The number of ether oxygens (including phenoxy) is 1. The first kappa shape index (κ1) is 12.2. The Kier molecular flexibility index (Phi) is 3.26. The van der Waals surface area contributed by atoms with Gasteiger partial charge in [0.05, 0.1) is 18.6 Å². The molecule has 1 aliphatic rings. The zero-order valence-corrected chi connectivity index (χ0v) is 10.3. The molecule has 5 nitrogen and oxygen atoms in total. The van der Waals surface area contributed by atoms with E-state index in [9.17, 15) is 8.42 Å². The third kappa shape index (κ3) is 3.10. The average molecular weight is 257 g/mol. The zero-order valence-electron chi connectivity index (χ0n) is 9.51. The highest BCUT2D eigenvalue weighted by Gasteiger charge is 2.19. The van der Waals surface area contributed by atoms with Gasteiger partial charge < -0.3 is 9.84 Å². The van der Waals surface area contributed by atoms with Gasteiger partial charge in [0.1, 0.15) is 11.9 Å². The molecule has 17 heavy (non-hydrogen) atoms. The fraction of sp³-hybridized carbons (Fsp3) is 0.455. The second-order valence-corrected chi connectivity index (χ2v) is 5.91. The number of hydrogen-bond acceptors (Lipinski definition) is 4. The highest BCUT2D eigenvalue weighted by molar-refractivity contribution is 7.92. The van der Waals surface area contributed by atoms with E-state index in [0.29, 0.717) is 11.4 Å². The van der Waals surface area contributed by atoms with Crippen molar-refractivity contribution in [3.63, 3.8) is 0 Å². The maximum absolute atomic E-state index is 11.1. The van der Waals surface area contributed by atoms with Gasteiger partial charge >= 0.3 is 0 Å². The number of anilines is 1. The summed E-state index contributed by atoms with van der Waals surface area (Å²) >= 11 is 0. The molecule has 0 saturated heterocycles. The van der Waals surface area contributed by atoms with Gasteiger partial charge in [0.25, 0.3) is 0 Å². The minimum absolute atomic E-state index is 0.0246. The average Bonchev–Trinajstić information content (AvgIpc) is 2.26. The van der Waals surface area contributed by atoms with Crippen molar-refractivity contribution in [1.29, 1.82) is 0 Å². The first-order chi connectivity index (χ1) is 7.98. The van der Waals surface area contributed by atoms with Crippen LogP contribution in [0, 0.1) is 0 Å². The maximum atomic E-state index is 11.1. The van der Waals surface area contributed by atoms with Crippen LogP contribution >= 0.6 is 0 Å². The number of rotatable bonds is 3. The Hall–Kier alpha value is -1.27. The van der Waals surface area contributed by atoms with Crippen LogP contribution in [0.15, 0.2) is 18.2 Å². The van der Waals surface area contributed by atoms with Crippen LogP contribution < -0.4 is 9.46 Å². The van der Waals surface area contributed by atoms with E-state index in [1.54, 1.807) is 12.1 Å². The third-order valence-electron chi connectivity index (χ3n) is 2.60. The largest absolute Gasteiger partial charge is 0.488 e. The molecule has 0 spiro atoms. The molecule has 0 bridgehead atoms. The van der Waals surface area contributed by atoms with E-state index in [0.717, 1.165) is 24.7 Å². The molecule has 2 N–H and O–H groups in total. The third-order valence-corrected chi connectivity index (χ3v) is 3.21. The first-order valence-electron chi connectivity index (χ1n) is 5.36. The fourth-order valence-electron chi connectivity index (χ4n) is 1.83. The molecule has 94 valence electrons. The number of aliphatic hydroxyl groups excluding tert-OH is 1. The number of sulfonamides is 1. The lowest BCUT2D eigenvalue weighted by atomic mass is 10.0. The SMILES string of the molecule is CS(=O)(=O)Nc1ccc2c(c1)OC(CO)CC2. The highest BCUT2D eigenvalue weighted by atomic mass is 32.2. The van der Waals surface area contributed by atoms with Crippen molar-refractivity contribution >= 4 is 15.7 Å². The summed E-state index contributed by atoms with van der Waals surface area (Å²) in [6.45, 7) is -0.0246. The molecule has 1 unspecified atom stereocenters. The Morgan fingerprint density at radius 1 is 1.53 bits per heavy atom. The minimum atomic E-state index is -3.28. The van der Waals surface area contributed by atoms with Crippen LogP contribution in [0.1, 0.15) is 12.0 Å². The van der Waals surface area contributed by atoms with Crippen LogP contribution in [-0.4, -0.2) is 32.5 Å². The molecule has 0 aliphatic carbocycles. The van der Waals surface area contributed by atoms with E-state index in [4.69, 9.17) is 9.84 Å². The van der Waals surface area contributed by atoms with Gasteiger partial charge in [-0.15, -0.1) is 0 Å². The summed E-state index contributed by atoms with van der Waals surface area (Å²) in [4.78, 5) is 0. The number of benzene rings is 1. The van der Waals surface area contributed by atoms with Crippen molar-refractivity contribution < 1.29 is 18.3 Å². The minimum Gasteiger partial charge on any atom is -0.488 e. The van der Waals surface area contributed by atoms with Crippen molar-refractivity contribution in [3.8, 4) is 5.75 Å². The standard InChI is InChI=1S/C11H15NO4S/c1-17(14,15)12-9-4-2-8-3-5-10(7-13)16-11(8)6-9/h2,4,6,10,12-13H,3,5,7H2,1H3. The first-order valence-corrected chi connectivity index (χ1v) is 7.25. The summed E-state index contributed by atoms with van der Waals surface area (Å²) in [6, 6.07) is 5.21. The van der Waals surface area contributed by atoms with Crippen LogP contribution in [0.25, 0.3) is 0 Å². The Morgan fingerprint density at radius 3 is 2.94 bits per heavy atom. The molecular formula is C11H15NO4S. The molecule has 0 saturated carbocycles. The van der Waals surface area contributed by atoms with Gasteiger partial charge in [0.15, 0.2) is 0 Å². The Bertz CT molecular complexity index is 512. The van der Waals surface area contributed by atoms with E-state index >= 15 is 0 Å². The molecule has 0 fully saturated rings. The lowest BCUT2D eigenvalue weighted by molar-refractivity contribution is 0.0979. The molecule has 2 rings (SSSR count). The summed E-state index contributed by atoms with van der Waals surface area (Å²) in [6.07, 6.45) is 2.52. The number of nitrogens with one attached hydrogen (secondary N) is 1. The van der Waals surface area contributed by atoms with E-state index < -0.39 is 10.0 Å². The number of fused-ring (bicyclic) bond motifs is 1. The quantitative estimate of drug-likeness (QED) is 0.837. The second-order valence-electron chi connectivity index (χ2n) is 4.16. The maximum Gasteiger partial charge on any atom is 0.229 e. The van der Waals surface area contributed by atoms with Crippen LogP contribution in [0.5, 0.6) is 5.75 Å². The summed E-state index contributed by atoms with van der Waals surface area (Å²) in [7, 11) is -3.28. The van der Waals surface area contributed by atoms with Crippen molar-refractivity contribution in [3.05, 3.63) is 23.8 Å². The molecule has 0 amide bonds. The Balaban J connectivity index is 2.24. The second kappa shape index (κ2) is 4.54. The summed E-state index contributed by atoms with van der Waals surface area (Å²) in [5.41, 5.74) is 1.51. The van der Waals surface area contributed by atoms with E-state index in [-0.39, 0.29) is 12.7 Å². The number of aliphatic hydroxyl groups is 1. The van der Waals surface area contributed by atoms with Gasteiger partial charge in [-0.2, -0.15) is 0 Å². The topological polar surface area (TPSA) is 75.6 Å². The van der Waals surface area contributed by atoms with Crippen LogP contribution in [0.4, 0.5) is 5.69 Å². The highest BCUT2D eigenvalue weighted by Crippen LogP contribution is 2.30. The van der Waals surface area contributed by atoms with Crippen LogP contribution in [-0.2, 0) is 16.4 Å². The van der Waals surface area contributed by atoms with Crippen molar-refractivity contribution in [1.82, 2.24) is 0 Å². The molecule has 0 radical (unpaired) electrons. The Labute approximate surface area is 100 Å². The van der Waals surface area contributed by atoms with Crippen molar-refractivity contribution in [2.45, 2.75) is 18.9 Å². The molecule has 6 heteroatoms. The normalized spacial score (nSPS) is 19.3. The van der Waals surface area contributed by atoms with E-state index in [2.05, 4.69) is 4.72 Å². The van der Waals surface area contributed by atoms with Gasteiger partial charge in [-0.1, -0.05) is 6.07 Å². The summed E-state index contributed by atoms with van der Waals surface area (Å²) in [5, 5.41) is 9.04. The van der Waals surface area contributed by atoms with Gasteiger partial charge in [-0.25, -0.2) is 8.42 Å². The molecular weight excluding hydrogens is 242 g/mol. The van der Waals surface area contributed by atoms with Crippen LogP contribution in [0.2, 0.25) is 0 Å². The summed E-state index contributed by atoms with van der Waals surface area (Å²) in [5.74, 6) is 0.643. The zero-order chi connectivity index (χ0) is 12.5. The predicted molar refractivity (Wildman–Crippen MR) is 64.7 cm³/mol. The smallest absolute Gasteiger partial charge is 0.229 e. The lowest BCUT2D eigenvalue weighted by Crippen LogP contribution is -2.26.